The molecule has 2 aromatic rings. The number of thiazole rings is 1. The summed E-state index contributed by atoms with van der Waals surface area (Å²) in [5, 5.41) is 10.4. The third kappa shape index (κ3) is 4.12. The molecule has 2 heterocycles. The van der Waals surface area contributed by atoms with Gasteiger partial charge in [0, 0.05) is 18.1 Å². The number of nitrogens with zero attached hydrogens (tertiary/aromatic N) is 4. The number of nitrogens with one attached hydrogen (secondary N) is 1. The maximum Gasteiger partial charge on any atom is 0.283 e. The van der Waals surface area contributed by atoms with Crippen LogP contribution >= 0.6 is 27.3 Å². The first-order chi connectivity index (χ1) is 9.99. The zero-order valence-corrected chi connectivity index (χ0v) is 14.6. The van der Waals surface area contributed by atoms with Crippen LogP contribution in [0.1, 0.15) is 18.0 Å². The van der Waals surface area contributed by atoms with Crippen molar-refractivity contribution in [3.05, 3.63) is 37.6 Å². The van der Waals surface area contributed by atoms with Gasteiger partial charge in [-0.05, 0) is 36.9 Å². The van der Waals surface area contributed by atoms with Crippen LogP contribution in [0.25, 0.3) is 0 Å². The van der Waals surface area contributed by atoms with Crippen LogP contribution in [0.4, 0.5) is 5.69 Å². The van der Waals surface area contributed by atoms with Crippen molar-refractivity contribution in [3.63, 3.8) is 0 Å². The Balaban J connectivity index is 2.15. The molecule has 1 unspecified atom stereocenters. The molecule has 1 atom stereocenters. The summed E-state index contributed by atoms with van der Waals surface area (Å²) in [5.41, 5.74) is 0.553. The van der Waals surface area contributed by atoms with Gasteiger partial charge in [-0.2, -0.15) is 5.10 Å². The second-order valence-corrected chi connectivity index (χ2v) is 6.66. The van der Waals surface area contributed by atoms with Gasteiger partial charge >= 0.3 is 0 Å². The number of likely N-dealkylation sites (N-methyl/N-ethyl adjacent to an activating group) is 1. The first-order valence-corrected chi connectivity index (χ1v) is 8.22. The van der Waals surface area contributed by atoms with Crippen molar-refractivity contribution in [1.29, 1.82) is 0 Å². The Morgan fingerprint density at radius 1 is 1.52 bits per heavy atom. The molecule has 0 saturated heterocycles. The third-order valence-corrected chi connectivity index (χ3v) is 4.66. The van der Waals surface area contributed by atoms with Crippen LogP contribution in [0.3, 0.4) is 0 Å². The van der Waals surface area contributed by atoms with E-state index < -0.39 is 0 Å². The van der Waals surface area contributed by atoms with Crippen molar-refractivity contribution in [2.45, 2.75) is 19.5 Å². The minimum atomic E-state index is -0.131. The molecule has 0 radical (unpaired) electrons. The molecular weight excluding hydrogens is 354 g/mol. The fourth-order valence-corrected chi connectivity index (χ4v) is 2.83. The summed E-state index contributed by atoms with van der Waals surface area (Å²) in [5.74, 6) is 0. The molecule has 0 bridgehead atoms. The van der Waals surface area contributed by atoms with Crippen molar-refractivity contribution < 1.29 is 0 Å². The van der Waals surface area contributed by atoms with E-state index in [1.54, 1.807) is 23.7 Å². The van der Waals surface area contributed by atoms with Gasteiger partial charge < -0.3 is 10.2 Å². The number of aromatic nitrogens is 3. The zero-order chi connectivity index (χ0) is 15.4. The Morgan fingerprint density at radius 3 is 2.90 bits per heavy atom. The summed E-state index contributed by atoms with van der Waals surface area (Å²) in [6.07, 6.45) is 3.44. The van der Waals surface area contributed by atoms with Crippen LogP contribution in [0.2, 0.25) is 0 Å². The van der Waals surface area contributed by atoms with Crippen molar-refractivity contribution in [2.24, 2.45) is 0 Å². The molecule has 0 aliphatic carbocycles. The molecule has 114 valence electrons. The number of rotatable bonds is 6. The predicted molar refractivity (Wildman–Crippen MR) is 88.9 cm³/mol. The number of anilines is 1. The van der Waals surface area contributed by atoms with Gasteiger partial charge in [0.1, 0.15) is 9.48 Å². The monoisotopic (exact) mass is 371 g/mol. The molecule has 0 aliphatic heterocycles. The summed E-state index contributed by atoms with van der Waals surface area (Å²) in [4.78, 5) is 18.5. The van der Waals surface area contributed by atoms with Gasteiger partial charge in [0.25, 0.3) is 5.56 Å². The first-order valence-electron chi connectivity index (χ1n) is 6.55. The maximum absolute atomic E-state index is 12.3. The SMILES string of the molecule is CC(Nc1cnn(CCN(C)C)c(=O)c1Br)c1nccs1. The highest BCUT2D eigenvalue weighted by atomic mass is 79.9. The van der Waals surface area contributed by atoms with Crippen LogP contribution in [0, 0.1) is 0 Å². The first kappa shape index (κ1) is 16.1. The van der Waals surface area contributed by atoms with E-state index in [4.69, 9.17) is 0 Å². The molecule has 8 heteroatoms. The van der Waals surface area contributed by atoms with Crippen molar-refractivity contribution in [1.82, 2.24) is 19.7 Å². The lowest BCUT2D eigenvalue weighted by molar-refractivity contribution is 0.367. The smallest absolute Gasteiger partial charge is 0.283 e. The van der Waals surface area contributed by atoms with Crippen molar-refractivity contribution >= 4 is 33.0 Å². The van der Waals surface area contributed by atoms with E-state index in [1.807, 2.05) is 31.3 Å². The molecule has 21 heavy (non-hydrogen) atoms. The highest BCUT2D eigenvalue weighted by Gasteiger charge is 2.13. The lowest BCUT2D eigenvalue weighted by atomic mass is 10.3. The normalized spacial score (nSPS) is 12.6. The Hall–Kier alpha value is -1.25. The fraction of sp³-hybridized carbons (Fsp3) is 0.462. The van der Waals surface area contributed by atoms with Crippen LogP contribution in [0.15, 0.2) is 27.0 Å². The van der Waals surface area contributed by atoms with Gasteiger partial charge in [0.05, 0.1) is 24.5 Å². The number of halogens is 1. The topological polar surface area (TPSA) is 63.1 Å². The average Bonchev–Trinajstić information content (AvgIpc) is 2.97. The number of hydrogen-bond donors (Lipinski definition) is 1. The molecule has 2 rings (SSSR count). The van der Waals surface area contributed by atoms with E-state index in [0.29, 0.717) is 16.7 Å². The van der Waals surface area contributed by atoms with Crippen molar-refractivity contribution in [2.75, 3.05) is 26.0 Å². The number of hydrogen-bond acceptors (Lipinski definition) is 6. The average molecular weight is 372 g/mol. The second-order valence-electron chi connectivity index (χ2n) is 4.94. The summed E-state index contributed by atoms with van der Waals surface area (Å²) in [6.45, 7) is 3.33. The maximum atomic E-state index is 12.3. The van der Waals surface area contributed by atoms with Gasteiger partial charge in [0.2, 0.25) is 0 Å². The highest BCUT2D eigenvalue weighted by molar-refractivity contribution is 9.10. The largest absolute Gasteiger partial charge is 0.374 e. The quantitative estimate of drug-likeness (QED) is 0.842. The molecular formula is C13H18BrN5OS. The molecule has 0 amide bonds. The highest BCUT2D eigenvalue weighted by Crippen LogP contribution is 2.24. The zero-order valence-electron chi connectivity index (χ0n) is 12.2. The Morgan fingerprint density at radius 2 is 2.29 bits per heavy atom. The lowest BCUT2D eigenvalue weighted by Gasteiger charge is -2.15. The van der Waals surface area contributed by atoms with Gasteiger partial charge in [-0.3, -0.25) is 4.79 Å². The van der Waals surface area contributed by atoms with Gasteiger partial charge in [-0.25, -0.2) is 9.67 Å². The molecule has 0 aromatic carbocycles. The molecule has 0 fully saturated rings. The van der Waals surface area contributed by atoms with Crippen LogP contribution in [-0.2, 0) is 6.54 Å². The lowest BCUT2D eigenvalue weighted by Crippen LogP contribution is -2.29. The van der Waals surface area contributed by atoms with Gasteiger partial charge in [-0.15, -0.1) is 11.3 Å². The molecule has 0 saturated carbocycles. The van der Waals surface area contributed by atoms with Gasteiger partial charge in [-0.1, -0.05) is 0 Å². The fourth-order valence-electron chi connectivity index (χ4n) is 1.76. The molecule has 2 aromatic heterocycles. The predicted octanol–water partition coefficient (Wildman–Crippen LogP) is 2.20. The molecule has 0 aliphatic rings. The Labute approximate surface area is 135 Å². The van der Waals surface area contributed by atoms with E-state index in [2.05, 4.69) is 31.3 Å². The second kappa shape index (κ2) is 7.15. The Bertz CT molecular complexity index is 641. The molecule has 1 N–H and O–H groups in total. The minimum absolute atomic E-state index is 0.0279. The van der Waals surface area contributed by atoms with E-state index in [1.165, 1.54) is 4.68 Å². The van der Waals surface area contributed by atoms with E-state index >= 15 is 0 Å². The van der Waals surface area contributed by atoms with Gasteiger partial charge in [0.15, 0.2) is 0 Å². The van der Waals surface area contributed by atoms with E-state index in [0.717, 1.165) is 11.6 Å². The van der Waals surface area contributed by atoms with Crippen LogP contribution in [0.5, 0.6) is 0 Å². The summed E-state index contributed by atoms with van der Waals surface area (Å²) < 4.78 is 1.96. The standard InChI is InChI=1S/C13H18BrN5OS/c1-9(12-15-4-7-21-12)17-10-8-16-19(6-5-18(2)3)13(20)11(10)14/h4,7-9,17H,5-6H2,1-3H3. The van der Waals surface area contributed by atoms with Crippen molar-refractivity contribution in [3.8, 4) is 0 Å². The minimum Gasteiger partial charge on any atom is -0.374 e. The van der Waals surface area contributed by atoms with E-state index in [-0.39, 0.29) is 11.6 Å². The summed E-state index contributed by atoms with van der Waals surface area (Å²) in [7, 11) is 3.93. The Kier molecular flexibility index (Phi) is 5.49. The van der Waals surface area contributed by atoms with Crippen LogP contribution in [-0.4, -0.2) is 40.3 Å². The summed E-state index contributed by atoms with van der Waals surface area (Å²) in [6, 6.07) is 0.0279. The third-order valence-electron chi connectivity index (χ3n) is 2.94. The summed E-state index contributed by atoms with van der Waals surface area (Å²) >= 11 is 4.94. The van der Waals surface area contributed by atoms with Crippen LogP contribution < -0.4 is 10.9 Å². The van der Waals surface area contributed by atoms with E-state index in [9.17, 15) is 4.79 Å². The molecule has 6 nitrogen and oxygen atoms in total. The molecule has 0 spiro atoms.